The normalized spacial score (nSPS) is 18.7. The van der Waals surface area contributed by atoms with Crippen molar-refractivity contribution in [2.24, 2.45) is 5.73 Å². The molecular formula is C14H21FN2O. The van der Waals surface area contributed by atoms with Gasteiger partial charge in [-0.2, -0.15) is 0 Å². The molecule has 1 aromatic rings. The number of ether oxygens (including phenoxy) is 1. The topological polar surface area (TPSA) is 38.5 Å². The molecule has 4 heteroatoms. The van der Waals surface area contributed by atoms with Crippen LogP contribution in [-0.2, 0) is 4.74 Å². The Labute approximate surface area is 108 Å². The average molecular weight is 252 g/mol. The van der Waals surface area contributed by atoms with Gasteiger partial charge in [0.2, 0.25) is 0 Å². The van der Waals surface area contributed by atoms with Gasteiger partial charge in [-0.05, 0) is 31.4 Å². The largest absolute Gasteiger partial charge is 0.381 e. The van der Waals surface area contributed by atoms with E-state index in [2.05, 4.69) is 0 Å². The standard InChI is InChI=1S/C14H21FN2O/c1-10(16)12-4-3-5-13(15)14(12)17(2)11-6-8-18-9-7-11/h3-5,10-11H,6-9,16H2,1-2H3/t10-/m1/s1. The van der Waals surface area contributed by atoms with E-state index in [-0.39, 0.29) is 11.9 Å². The Bertz CT molecular complexity index is 403. The van der Waals surface area contributed by atoms with Gasteiger partial charge in [-0.15, -0.1) is 0 Å². The number of hydrogen-bond donors (Lipinski definition) is 1. The van der Waals surface area contributed by atoms with Gasteiger partial charge in [0.05, 0.1) is 5.69 Å². The van der Waals surface area contributed by atoms with Crippen molar-refractivity contribution in [1.82, 2.24) is 0 Å². The summed E-state index contributed by atoms with van der Waals surface area (Å²) in [5, 5.41) is 0. The zero-order valence-electron chi connectivity index (χ0n) is 11.0. The first-order valence-electron chi connectivity index (χ1n) is 6.46. The highest BCUT2D eigenvalue weighted by Gasteiger charge is 2.23. The van der Waals surface area contributed by atoms with Crippen molar-refractivity contribution in [3.8, 4) is 0 Å². The minimum absolute atomic E-state index is 0.169. The minimum atomic E-state index is -0.196. The van der Waals surface area contributed by atoms with Crippen LogP contribution in [-0.4, -0.2) is 26.3 Å². The fourth-order valence-electron chi connectivity index (χ4n) is 2.53. The van der Waals surface area contributed by atoms with Gasteiger partial charge in [0.25, 0.3) is 0 Å². The minimum Gasteiger partial charge on any atom is -0.381 e. The summed E-state index contributed by atoms with van der Waals surface area (Å²) in [5.41, 5.74) is 7.44. The molecule has 1 aromatic carbocycles. The number of hydrogen-bond acceptors (Lipinski definition) is 3. The molecule has 2 N–H and O–H groups in total. The lowest BCUT2D eigenvalue weighted by molar-refractivity contribution is 0.0853. The van der Waals surface area contributed by atoms with Crippen LogP contribution in [0.5, 0.6) is 0 Å². The van der Waals surface area contributed by atoms with E-state index >= 15 is 0 Å². The van der Waals surface area contributed by atoms with E-state index in [1.165, 1.54) is 6.07 Å². The molecule has 0 spiro atoms. The molecule has 0 amide bonds. The van der Waals surface area contributed by atoms with Crippen LogP contribution >= 0.6 is 0 Å². The summed E-state index contributed by atoms with van der Waals surface area (Å²) in [4.78, 5) is 2.02. The molecule has 0 aromatic heterocycles. The number of rotatable bonds is 3. The molecule has 1 saturated heterocycles. The van der Waals surface area contributed by atoms with Crippen molar-refractivity contribution in [2.75, 3.05) is 25.2 Å². The summed E-state index contributed by atoms with van der Waals surface area (Å²) >= 11 is 0. The highest BCUT2D eigenvalue weighted by molar-refractivity contribution is 5.56. The van der Waals surface area contributed by atoms with E-state index in [1.54, 1.807) is 6.07 Å². The highest BCUT2D eigenvalue weighted by Crippen LogP contribution is 2.30. The van der Waals surface area contributed by atoms with Crippen LogP contribution in [0.3, 0.4) is 0 Å². The van der Waals surface area contributed by atoms with Crippen LogP contribution in [0.2, 0.25) is 0 Å². The highest BCUT2D eigenvalue weighted by atomic mass is 19.1. The molecule has 1 heterocycles. The van der Waals surface area contributed by atoms with Crippen LogP contribution in [0.4, 0.5) is 10.1 Å². The maximum absolute atomic E-state index is 14.1. The lowest BCUT2D eigenvalue weighted by atomic mass is 10.0. The summed E-state index contributed by atoms with van der Waals surface area (Å²) in [6.45, 7) is 3.38. The van der Waals surface area contributed by atoms with E-state index in [4.69, 9.17) is 10.5 Å². The molecule has 0 bridgehead atoms. The maximum atomic E-state index is 14.1. The van der Waals surface area contributed by atoms with Gasteiger partial charge in [-0.25, -0.2) is 4.39 Å². The number of anilines is 1. The SMILES string of the molecule is C[C@@H](N)c1cccc(F)c1N(C)C1CCOCC1. The monoisotopic (exact) mass is 252 g/mol. The molecule has 0 radical (unpaired) electrons. The first-order chi connectivity index (χ1) is 8.61. The van der Waals surface area contributed by atoms with Crippen molar-refractivity contribution in [2.45, 2.75) is 31.8 Å². The second-order valence-electron chi connectivity index (χ2n) is 4.92. The van der Waals surface area contributed by atoms with Crippen LogP contribution in [0.25, 0.3) is 0 Å². The number of benzene rings is 1. The number of nitrogens with two attached hydrogens (primary N) is 1. The van der Waals surface area contributed by atoms with Crippen LogP contribution in [0.1, 0.15) is 31.4 Å². The Morgan fingerprint density at radius 1 is 1.39 bits per heavy atom. The molecule has 1 aliphatic rings. The van der Waals surface area contributed by atoms with Crippen LogP contribution in [0.15, 0.2) is 18.2 Å². The van der Waals surface area contributed by atoms with E-state index in [0.29, 0.717) is 11.7 Å². The summed E-state index contributed by atoms with van der Waals surface area (Å²) in [7, 11) is 1.94. The number of nitrogens with zero attached hydrogens (tertiary/aromatic N) is 1. The summed E-state index contributed by atoms with van der Waals surface area (Å²) in [6, 6.07) is 5.27. The van der Waals surface area contributed by atoms with Gasteiger partial charge in [-0.3, -0.25) is 0 Å². The van der Waals surface area contributed by atoms with Gasteiger partial charge < -0.3 is 15.4 Å². The molecule has 0 unspecified atom stereocenters. The quantitative estimate of drug-likeness (QED) is 0.898. The number of para-hydroxylation sites is 1. The lowest BCUT2D eigenvalue weighted by Crippen LogP contribution is -2.38. The zero-order chi connectivity index (χ0) is 13.1. The van der Waals surface area contributed by atoms with Crippen LogP contribution < -0.4 is 10.6 Å². The molecular weight excluding hydrogens is 231 g/mol. The Morgan fingerprint density at radius 2 is 2.06 bits per heavy atom. The van der Waals surface area contributed by atoms with Gasteiger partial charge in [0.15, 0.2) is 0 Å². The van der Waals surface area contributed by atoms with Gasteiger partial charge in [-0.1, -0.05) is 12.1 Å². The predicted molar refractivity (Wildman–Crippen MR) is 71.2 cm³/mol. The fraction of sp³-hybridized carbons (Fsp3) is 0.571. The lowest BCUT2D eigenvalue weighted by Gasteiger charge is -2.34. The second kappa shape index (κ2) is 5.67. The summed E-state index contributed by atoms with van der Waals surface area (Å²) in [5.74, 6) is -0.196. The summed E-state index contributed by atoms with van der Waals surface area (Å²) < 4.78 is 19.4. The average Bonchev–Trinajstić information content (AvgIpc) is 2.38. The Kier molecular flexibility index (Phi) is 4.19. The third-order valence-corrected chi connectivity index (χ3v) is 3.60. The Morgan fingerprint density at radius 3 is 2.67 bits per heavy atom. The molecule has 0 saturated carbocycles. The first-order valence-corrected chi connectivity index (χ1v) is 6.46. The first kappa shape index (κ1) is 13.3. The van der Waals surface area contributed by atoms with Gasteiger partial charge in [0, 0.05) is 32.3 Å². The van der Waals surface area contributed by atoms with E-state index < -0.39 is 0 Å². The molecule has 2 rings (SSSR count). The second-order valence-corrected chi connectivity index (χ2v) is 4.92. The maximum Gasteiger partial charge on any atom is 0.146 e. The zero-order valence-corrected chi connectivity index (χ0v) is 11.0. The molecule has 1 aliphatic heterocycles. The van der Waals surface area contributed by atoms with Gasteiger partial charge in [0.1, 0.15) is 5.82 Å². The molecule has 3 nitrogen and oxygen atoms in total. The fourth-order valence-corrected chi connectivity index (χ4v) is 2.53. The van der Waals surface area contributed by atoms with Crippen molar-refractivity contribution >= 4 is 5.69 Å². The molecule has 100 valence electrons. The Balaban J connectivity index is 2.30. The van der Waals surface area contributed by atoms with Crippen LogP contribution in [0, 0.1) is 5.82 Å². The van der Waals surface area contributed by atoms with E-state index in [1.807, 2.05) is 24.9 Å². The molecule has 1 fully saturated rings. The molecule has 0 aliphatic carbocycles. The number of halogens is 1. The third-order valence-electron chi connectivity index (χ3n) is 3.60. The third kappa shape index (κ3) is 2.65. The van der Waals surface area contributed by atoms with Crippen molar-refractivity contribution in [1.29, 1.82) is 0 Å². The van der Waals surface area contributed by atoms with Gasteiger partial charge >= 0.3 is 0 Å². The predicted octanol–water partition coefficient (Wildman–Crippen LogP) is 2.46. The van der Waals surface area contributed by atoms with Crippen molar-refractivity contribution in [3.05, 3.63) is 29.6 Å². The van der Waals surface area contributed by atoms with E-state index in [0.717, 1.165) is 31.6 Å². The van der Waals surface area contributed by atoms with Crippen molar-refractivity contribution < 1.29 is 9.13 Å². The molecule has 1 atom stereocenters. The Hall–Kier alpha value is -1.13. The molecule has 18 heavy (non-hydrogen) atoms. The smallest absolute Gasteiger partial charge is 0.146 e. The summed E-state index contributed by atoms with van der Waals surface area (Å²) in [6.07, 6.45) is 1.87. The van der Waals surface area contributed by atoms with Crippen molar-refractivity contribution in [3.63, 3.8) is 0 Å². The van der Waals surface area contributed by atoms with E-state index in [9.17, 15) is 4.39 Å².